The number of carbonyl (C=O) groups excluding carboxylic acids is 1. The van der Waals surface area contributed by atoms with Gasteiger partial charge in [0, 0.05) is 22.5 Å². The topological polar surface area (TPSA) is 54.0 Å². The van der Waals surface area contributed by atoms with Crippen molar-refractivity contribution in [2.24, 2.45) is 0 Å². The van der Waals surface area contributed by atoms with Gasteiger partial charge in [-0.2, -0.15) is 0 Å². The molecule has 4 nitrogen and oxygen atoms in total. The first kappa shape index (κ1) is 16.5. The van der Waals surface area contributed by atoms with Crippen LogP contribution in [0.2, 0.25) is 0 Å². The fraction of sp³-hybridized carbons (Fsp3) is 0.412. The van der Waals surface area contributed by atoms with Crippen LogP contribution in [-0.4, -0.2) is 17.6 Å². The molecule has 0 spiro atoms. The maximum absolute atomic E-state index is 12.2. The molecule has 0 unspecified atom stereocenters. The molecule has 2 heterocycles. The van der Waals surface area contributed by atoms with Crippen LogP contribution in [0.1, 0.15) is 35.7 Å². The van der Waals surface area contributed by atoms with Crippen molar-refractivity contribution >= 4 is 23.1 Å². The zero-order valence-corrected chi connectivity index (χ0v) is 14.6. The zero-order valence-electron chi connectivity index (χ0n) is 13.8. The van der Waals surface area contributed by atoms with Crippen molar-refractivity contribution in [3.63, 3.8) is 0 Å². The van der Waals surface area contributed by atoms with Crippen molar-refractivity contribution in [1.82, 2.24) is 10.3 Å². The third-order valence-electron chi connectivity index (χ3n) is 3.64. The smallest absolute Gasteiger partial charge is 0.319 e. The van der Waals surface area contributed by atoms with Crippen LogP contribution in [0.5, 0.6) is 0 Å². The number of thiophene rings is 1. The van der Waals surface area contributed by atoms with Crippen LogP contribution in [0.25, 0.3) is 0 Å². The standard InChI is InChI=1S/C17H23N3OS/c1-11-9-12(2)19-13(3)15(11)20-16(21)18-10-17(4,5)14-7-6-8-22-14/h6-9H,10H2,1-5H3,(H2,18,20,21). The Morgan fingerprint density at radius 3 is 2.64 bits per heavy atom. The highest BCUT2D eigenvalue weighted by Crippen LogP contribution is 2.26. The lowest BCUT2D eigenvalue weighted by atomic mass is 9.91. The molecule has 0 atom stereocenters. The number of nitrogens with one attached hydrogen (secondary N) is 2. The number of carbonyl (C=O) groups is 1. The molecule has 0 saturated heterocycles. The molecule has 22 heavy (non-hydrogen) atoms. The molecule has 0 bridgehead atoms. The molecule has 118 valence electrons. The second kappa shape index (κ2) is 6.48. The minimum absolute atomic E-state index is 0.0822. The van der Waals surface area contributed by atoms with E-state index in [0.29, 0.717) is 6.54 Å². The number of hydrogen-bond acceptors (Lipinski definition) is 3. The monoisotopic (exact) mass is 317 g/mol. The van der Waals surface area contributed by atoms with E-state index in [2.05, 4.69) is 40.9 Å². The molecule has 0 aliphatic carbocycles. The number of amides is 2. The Morgan fingerprint density at radius 2 is 2.05 bits per heavy atom. The van der Waals surface area contributed by atoms with Crippen LogP contribution < -0.4 is 10.6 Å². The summed E-state index contributed by atoms with van der Waals surface area (Å²) in [4.78, 5) is 17.8. The van der Waals surface area contributed by atoms with Crippen molar-refractivity contribution < 1.29 is 4.79 Å². The molecule has 0 aliphatic heterocycles. The largest absolute Gasteiger partial charge is 0.337 e. The van der Waals surface area contributed by atoms with E-state index in [1.165, 1.54) is 4.88 Å². The number of aromatic nitrogens is 1. The Morgan fingerprint density at radius 1 is 1.32 bits per heavy atom. The van der Waals surface area contributed by atoms with E-state index in [1.54, 1.807) is 11.3 Å². The Bertz CT molecular complexity index is 640. The van der Waals surface area contributed by atoms with Crippen LogP contribution in [0.4, 0.5) is 10.5 Å². The molecule has 2 aromatic heterocycles. The van der Waals surface area contributed by atoms with Gasteiger partial charge in [-0.05, 0) is 43.8 Å². The van der Waals surface area contributed by atoms with E-state index in [-0.39, 0.29) is 11.4 Å². The SMILES string of the molecule is Cc1cc(C)c(NC(=O)NCC(C)(C)c2cccs2)c(C)n1. The molecule has 0 aromatic carbocycles. The van der Waals surface area contributed by atoms with E-state index >= 15 is 0 Å². The average Bonchev–Trinajstić information content (AvgIpc) is 2.95. The van der Waals surface area contributed by atoms with Crippen LogP contribution >= 0.6 is 11.3 Å². The number of hydrogen-bond donors (Lipinski definition) is 2. The molecule has 0 radical (unpaired) electrons. The molecule has 0 fully saturated rings. The zero-order chi connectivity index (χ0) is 16.3. The molecular weight excluding hydrogens is 294 g/mol. The lowest BCUT2D eigenvalue weighted by Gasteiger charge is -2.24. The normalized spacial score (nSPS) is 11.3. The number of nitrogens with zero attached hydrogens (tertiary/aromatic N) is 1. The average molecular weight is 317 g/mol. The summed E-state index contributed by atoms with van der Waals surface area (Å²) < 4.78 is 0. The summed E-state index contributed by atoms with van der Waals surface area (Å²) in [6.07, 6.45) is 0. The lowest BCUT2D eigenvalue weighted by Crippen LogP contribution is -2.38. The van der Waals surface area contributed by atoms with Crippen LogP contribution in [0.15, 0.2) is 23.6 Å². The van der Waals surface area contributed by atoms with Gasteiger partial charge in [-0.3, -0.25) is 4.98 Å². The second-order valence-corrected chi connectivity index (χ2v) is 7.16. The Balaban J connectivity index is 2.00. The number of urea groups is 1. The first-order valence-corrected chi connectivity index (χ1v) is 8.21. The van der Waals surface area contributed by atoms with E-state index < -0.39 is 0 Å². The Labute approximate surface area is 136 Å². The highest BCUT2D eigenvalue weighted by atomic mass is 32.1. The van der Waals surface area contributed by atoms with E-state index in [0.717, 1.165) is 22.6 Å². The quantitative estimate of drug-likeness (QED) is 0.889. The lowest BCUT2D eigenvalue weighted by molar-refractivity contribution is 0.249. The summed E-state index contributed by atoms with van der Waals surface area (Å²) in [5.41, 5.74) is 3.53. The minimum Gasteiger partial charge on any atom is -0.337 e. The third-order valence-corrected chi connectivity index (χ3v) is 4.88. The van der Waals surface area contributed by atoms with Gasteiger partial charge < -0.3 is 10.6 Å². The molecular formula is C17H23N3OS. The minimum atomic E-state index is -0.193. The first-order valence-electron chi connectivity index (χ1n) is 7.33. The molecule has 2 N–H and O–H groups in total. The number of anilines is 1. The van der Waals surface area contributed by atoms with Gasteiger partial charge in [0.25, 0.3) is 0 Å². The molecule has 0 saturated carbocycles. The second-order valence-electron chi connectivity index (χ2n) is 6.21. The van der Waals surface area contributed by atoms with Gasteiger partial charge in [-0.15, -0.1) is 11.3 Å². The van der Waals surface area contributed by atoms with Gasteiger partial charge >= 0.3 is 6.03 Å². The summed E-state index contributed by atoms with van der Waals surface area (Å²) in [5.74, 6) is 0. The summed E-state index contributed by atoms with van der Waals surface area (Å²) >= 11 is 1.71. The van der Waals surface area contributed by atoms with Gasteiger partial charge in [0.05, 0.1) is 11.4 Å². The van der Waals surface area contributed by atoms with Gasteiger partial charge in [0.1, 0.15) is 0 Å². The number of rotatable bonds is 4. The van der Waals surface area contributed by atoms with Crippen molar-refractivity contribution in [2.75, 3.05) is 11.9 Å². The van der Waals surface area contributed by atoms with E-state index in [9.17, 15) is 4.79 Å². The fourth-order valence-corrected chi connectivity index (χ4v) is 3.27. The van der Waals surface area contributed by atoms with Crippen molar-refractivity contribution in [3.8, 4) is 0 Å². The maximum Gasteiger partial charge on any atom is 0.319 e. The molecule has 2 aromatic rings. The molecule has 2 rings (SSSR count). The highest BCUT2D eigenvalue weighted by molar-refractivity contribution is 7.10. The number of pyridine rings is 1. The third kappa shape index (κ3) is 3.85. The van der Waals surface area contributed by atoms with Crippen molar-refractivity contribution in [3.05, 3.63) is 45.4 Å². The predicted molar refractivity (Wildman–Crippen MR) is 92.8 cm³/mol. The van der Waals surface area contributed by atoms with Crippen LogP contribution in [0, 0.1) is 20.8 Å². The van der Waals surface area contributed by atoms with Gasteiger partial charge in [-0.25, -0.2) is 4.79 Å². The predicted octanol–water partition coefficient (Wildman–Crippen LogP) is 4.17. The summed E-state index contributed by atoms with van der Waals surface area (Å²) in [6, 6.07) is 5.91. The molecule has 0 aliphatic rings. The fourth-order valence-electron chi connectivity index (χ4n) is 2.42. The summed E-state index contributed by atoms with van der Waals surface area (Å²) in [5, 5.41) is 7.93. The van der Waals surface area contributed by atoms with Gasteiger partial charge in [0.2, 0.25) is 0 Å². The molecule has 5 heteroatoms. The maximum atomic E-state index is 12.2. The van der Waals surface area contributed by atoms with Crippen molar-refractivity contribution in [1.29, 1.82) is 0 Å². The Hall–Kier alpha value is -1.88. The van der Waals surface area contributed by atoms with Crippen molar-refractivity contribution in [2.45, 2.75) is 40.0 Å². The van der Waals surface area contributed by atoms with Gasteiger partial charge in [-0.1, -0.05) is 19.9 Å². The Kier molecular flexibility index (Phi) is 4.86. The molecule has 2 amide bonds. The summed E-state index contributed by atoms with van der Waals surface area (Å²) in [6.45, 7) is 10.7. The van der Waals surface area contributed by atoms with E-state index in [4.69, 9.17) is 0 Å². The van der Waals surface area contributed by atoms with E-state index in [1.807, 2.05) is 32.9 Å². The highest BCUT2D eigenvalue weighted by Gasteiger charge is 2.22. The number of aryl methyl sites for hydroxylation is 3. The summed E-state index contributed by atoms with van der Waals surface area (Å²) in [7, 11) is 0. The van der Waals surface area contributed by atoms with Crippen LogP contribution in [-0.2, 0) is 5.41 Å². The van der Waals surface area contributed by atoms with Gasteiger partial charge in [0.15, 0.2) is 0 Å². The van der Waals surface area contributed by atoms with Crippen LogP contribution in [0.3, 0.4) is 0 Å². The first-order chi connectivity index (χ1) is 10.3.